The topological polar surface area (TPSA) is 50.5 Å². The molecular weight excluding hydrogens is 290 g/mol. The highest BCUT2D eigenvalue weighted by Crippen LogP contribution is 2.24. The minimum atomic E-state index is -0.0174. The number of hydrogen-bond acceptors (Lipinski definition) is 3. The maximum Gasteiger partial charge on any atom is 0.257 e. The number of amides is 1. The first-order valence-electron chi connectivity index (χ1n) is 7.99. The summed E-state index contributed by atoms with van der Waals surface area (Å²) in [6, 6.07) is 7.63. The van der Waals surface area contributed by atoms with E-state index in [-0.39, 0.29) is 17.6 Å². The Morgan fingerprint density at radius 1 is 1.13 bits per heavy atom. The highest BCUT2D eigenvalue weighted by Gasteiger charge is 2.29. The van der Waals surface area contributed by atoms with Gasteiger partial charge in [-0.25, -0.2) is 0 Å². The zero-order valence-electron chi connectivity index (χ0n) is 13.5. The Balaban J connectivity index is 1.64. The third-order valence-electron chi connectivity index (χ3n) is 4.57. The number of carbonyl (C=O) groups is 2. The van der Waals surface area contributed by atoms with E-state index in [2.05, 4.69) is 0 Å². The second kappa shape index (κ2) is 6.41. The fourth-order valence-corrected chi connectivity index (χ4v) is 3.22. The van der Waals surface area contributed by atoms with Gasteiger partial charge in [0.25, 0.3) is 5.91 Å². The molecule has 2 heterocycles. The fourth-order valence-electron chi connectivity index (χ4n) is 3.22. The van der Waals surface area contributed by atoms with Gasteiger partial charge >= 0.3 is 0 Å². The zero-order valence-corrected chi connectivity index (χ0v) is 13.5. The third kappa shape index (κ3) is 3.21. The molecule has 0 bridgehead atoms. The Kier molecular flexibility index (Phi) is 4.33. The molecule has 0 N–H and O–H groups in total. The van der Waals surface area contributed by atoms with Gasteiger partial charge < -0.3 is 9.32 Å². The van der Waals surface area contributed by atoms with Crippen molar-refractivity contribution in [1.29, 1.82) is 0 Å². The minimum absolute atomic E-state index is 0.00445. The summed E-state index contributed by atoms with van der Waals surface area (Å²) in [5.74, 6) is 0.193. The van der Waals surface area contributed by atoms with Crippen molar-refractivity contribution in [2.24, 2.45) is 5.92 Å². The summed E-state index contributed by atoms with van der Waals surface area (Å²) in [6.07, 6.45) is 4.41. The highest BCUT2D eigenvalue weighted by atomic mass is 16.3. The Morgan fingerprint density at radius 2 is 1.87 bits per heavy atom. The maximum atomic E-state index is 12.7. The maximum absolute atomic E-state index is 12.7. The van der Waals surface area contributed by atoms with Crippen LogP contribution in [0, 0.1) is 19.8 Å². The molecule has 4 nitrogen and oxygen atoms in total. The number of Topliss-reactive ketones (excluding diaryl/α,β-unsaturated/α-hetero) is 1. The van der Waals surface area contributed by atoms with Crippen LogP contribution in [0.3, 0.4) is 0 Å². The Labute approximate surface area is 136 Å². The molecule has 4 heteroatoms. The lowest BCUT2D eigenvalue weighted by atomic mass is 9.87. The molecule has 1 aliphatic heterocycles. The van der Waals surface area contributed by atoms with Gasteiger partial charge in [0.05, 0.1) is 11.8 Å². The molecule has 3 rings (SSSR count). The number of ketones is 1. The smallest absolute Gasteiger partial charge is 0.257 e. The first-order valence-corrected chi connectivity index (χ1v) is 7.99. The van der Waals surface area contributed by atoms with E-state index in [1.807, 2.05) is 32.0 Å². The highest BCUT2D eigenvalue weighted by molar-refractivity contribution is 5.99. The summed E-state index contributed by atoms with van der Waals surface area (Å²) < 4.78 is 4.96. The van der Waals surface area contributed by atoms with Crippen molar-refractivity contribution in [2.45, 2.75) is 26.7 Å². The Hall–Kier alpha value is -2.36. The molecule has 23 heavy (non-hydrogen) atoms. The van der Waals surface area contributed by atoms with E-state index in [1.165, 1.54) is 18.1 Å². The molecule has 1 fully saturated rings. The molecule has 1 aromatic carbocycles. The summed E-state index contributed by atoms with van der Waals surface area (Å²) >= 11 is 0. The van der Waals surface area contributed by atoms with Crippen LogP contribution in [0.15, 0.2) is 41.2 Å². The molecular formula is C19H21NO3. The van der Waals surface area contributed by atoms with Crippen molar-refractivity contribution >= 4 is 11.7 Å². The number of hydrogen-bond donors (Lipinski definition) is 0. The molecule has 0 radical (unpaired) electrons. The van der Waals surface area contributed by atoms with Gasteiger partial charge in [0.1, 0.15) is 6.26 Å². The van der Waals surface area contributed by atoms with Crippen LogP contribution in [0.4, 0.5) is 0 Å². The SMILES string of the molecule is Cc1ccc(C(=O)C2CCN(C(=O)c3ccoc3)CC2)c(C)c1. The minimum Gasteiger partial charge on any atom is -0.472 e. The van der Waals surface area contributed by atoms with Crippen LogP contribution < -0.4 is 0 Å². The first kappa shape index (κ1) is 15.5. The van der Waals surface area contributed by atoms with E-state index in [0.29, 0.717) is 18.7 Å². The number of piperidine rings is 1. The van der Waals surface area contributed by atoms with Crippen molar-refractivity contribution in [1.82, 2.24) is 4.90 Å². The average molecular weight is 311 g/mol. The first-order chi connectivity index (χ1) is 11.1. The van der Waals surface area contributed by atoms with Crippen LogP contribution in [0.1, 0.15) is 44.7 Å². The second-order valence-electron chi connectivity index (χ2n) is 6.26. The van der Waals surface area contributed by atoms with Gasteiger partial charge in [-0.05, 0) is 38.3 Å². The molecule has 120 valence electrons. The van der Waals surface area contributed by atoms with Gasteiger partial charge in [-0.2, -0.15) is 0 Å². The number of rotatable bonds is 3. The molecule has 2 aromatic rings. The summed E-state index contributed by atoms with van der Waals surface area (Å²) in [6.45, 7) is 5.25. The van der Waals surface area contributed by atoms with E-state index in [4.69, 9.17) is 4.42 Å². The molecule has 0 atom stereocenters. The quantitative estimate of drug-likeness (QED) is 0.813. The predicted molar refractivity (Wildman–Crippen MR) is 87.6 cm³/mol. The number of furan rings is 1. The molecule has 0 saturated carbocycles. The van der Waals surface area contributed by atoms with Crippen LogP contribution in [0.5, 0.6) is 0 Å². The van der Waals surface area contributed by atoms with Gasteiger partial charge in [0.15, 0.2) is 5.78 Å². The number of aryl methyl sites for hydroxylation is 2. The Morgan fingerprint density at radius 3 is 2.48 bits per heavy atom. The molecule has 0 spiro atoms. The normalized spacial score (nSPS) is 15.7. The van der Waals surface area contributed by atoms with Crippen molar-refractivity contribution in [3.05, 3.63) is 59.0 Å². The fraction of sp³-hybridized carbons (Fsp3) is 0.368. The van der Waals surface area contributed by atoms with Crippen LogP contribution >= 0.6 is 0 Å². The van der Waals surface area contributed by atoms with Crippen molar-refractivity contribution in [3.8, 4) is 0 Å². The van der Waals surface area contributed by atoms with Crippen LogP contribution in [-0.4, -0.2) is 29.7 Å². The third-order valence-corrected chi connectivity index (χ3v) is 4.57. The lowest BCUT2D eigenvalue weighted by molar-refractivity contribution is 0.0649. The van der Waals surface area contributed by atoms with E-state index in [1.54, 1.807) is 11.0 Å². The van der Waals surface area contributed by atoms with Crippen molar-refractivity contribution in [3.63, 3.8) is 0 Å². The van der Waals surface area contributed by atoms with Gasteiger partial charge in [-0.15, -0.1) is 0 Å². The molecule has 1 saturated heterocycles. The van der Waals surface area contributed by atoms with Gasteiger partial charge in [0.2, 0.25) is 0 Å². The molecule has 1 amide bonds. The van der Waals surface area contributed by atoms with Crippen molar-refractivity contribution < 1.29 is 14.0 Å². The largest absolute Gasteiger partial charge is 0.472 e. The predicted octanol–water partition coefficient (Wildman–Crippen LogP) is 3.63. The molecule has 1 aliphatic rings. The second-order valence-corrected chi connectivity index (χ2v) is 6.26. The number of likely N-dealkylation sites (tertiary alicyclic amines) is 1. The number of nitrogens with zero attached hydrogens (tertiary/aromatic N) is 1. The van der Waals surface area contributed by atoms with Gasteiger partial charge in [0, 0.05) is 24.6 Å². The van der Waals surface area contributed by atoms with Gasteiger partial charge in [-0.1, -0.05) is 23.8 Å². The zero-order chi connectivity index (χ0) is 16.4. The monoisotopic (exact) mass is 311 g/mol. The molecule has 0 unspecified atom stereocenters. The van der Waals surface area contributed by atoms with E-state index < -0.39 is 0 Å². The Bertz CT molecular complexity index is 710. The van der Waals surface area contributed by atoms with E-state index in [0.717, 1.165) is 24.0 Å². The number of benzene rings is 1. The summed E-state index contributed by atoms with van der Waals surface area (Å²) in [5, 5.41) is 0. The van der Waals surface area contributed by atoms with Crippen LogP contribution in [0.2, 0.25) is 0 Å². The summed E-state index contributed by atoms with van der Waals surface area (Å²) in [4.78, 5) is 26.8. The summed E-state index contributed by atoms with van der Waals surface area (Å²) in [7, 11) is 0. The van der Waals surface area contributed by atoms with Crippen LogP contribution in [0.25, 0.3) is 0 Å². The van der Waals surface area contributed by atoms with Gasteiger partial charge in [-0.3, -0.25) is 9.59 Å². The van der Waals surface area contributed by atoms with E-state index in [9.17, 15) is 9.59 Å². The molecule has 1 aromatic heterocycles. The number of carbonyl (C=O) groups excluding carboxylic acids is 2. The van der Waals surface area contributed by atoms with Crippen LogP contribution in [-0.2, 0) is 0 Å². The molecule has 0 aliphatic carbocycles. The summed E-state index contributed by atoms with van der Waals surface area (Å²) in [5.41, 5.74) is 3.59. The lowest BCUT2D eigenvalue weighted by Gasteiger charge is -2.31. The van der Waals surface area contributed by atoms with E-state index >= 15 is 0 Å². The standard InChI is InChI=1S/C19H21NO3/c1-13-3-4-17(14(2)11-13)18(21)15-5-8-20(9-6-15)19(22)16-7-10-23-12-16/h3-4,7,10-12,15H,5-6,8-9H2,1-2H3. The average Bonchev–Trinajstić information content (AvgIpc) is 3.08. The van der Waals surface area contributed by atoms with Crippen molar-refractivity contribution in [2.75, 3.05) is 13.1 Å². The lowest BCUT2D eigenvalue weighted by Crippen LogP contribution is -2.40.